The highest BCUT2D eigenvalue weighted by molar-refractivity contribution is 5.91. The number of hydrogen-bond acceptors (Lipinski definition) is 11. The zero-order valence-electron chi connectivity index (χ0n) is 18.4. The van der Waals surface area contributed by atoms with Gasteiger partial charge in [0.25, 0.3) is 0 Å². The van der Waals surface area contributed by atoms with Crippen LogP contribution in [0.3, 0.4) is 0 Å². The van der Waals surface area contributed by atoms with E-state index < -0.39 is 46.4 Å². The van der Waals surface area contributed by atoms with Crippen molar-refractivity contribution in [3.05, 3.63) is 35.4 Å². The minimum Gasteiger partial charge on any atom is -0.504 e. The van der Waals surface area contributed by atoms with Crippen molar-refractivity contribution < 1.29 is 49.7 Å². The first-order chi connectivity index (χ1) is 15.5. The van der Waals surface area contributed by atoms with Gasteiger partial charge in [0.1, 0.15) is 0 Å². The Morgan fingerprint density at radius 3 is 1.18 bits per heavy atom. The van der Waals surface area contributed by atoms with Crippen molar-refractivity contribution in [1.29, 1.82) is 5.26 Å². The zero-order valence-corrected chi connectivity index (χ0v) is 18.4. The lowest BCUT2D eigenvalue weighted by Gasteiger charge is -2.05. The van der Waals surface area contributed by atoms with Gasteiger partial charge >= 0.3 is 11.9 Å². The topological polar surface area (TPSA) is 198 Å². The summed E-state index contributed by atoms with van der Waals surface area (Å²) in [6.45, 7) is 5.65. The SMILES string of the molecule is CC#N.CCCOC(=O)c1cc(O)c(O)c(O)c1.CCCOC(=O)c1cc(O)c(O)c(O)c1. The lowest BCUT2D eigenvalue weighted by Crippen LogP contribution is -2.05. The lowest BCUT2D eigenvalue weighted by molar-refractivity contribution is 0.0495. The maximum atomic E-state index is 11.3. The second kappa shape index (κ2) is 14.6. The average molecular weight is 465 g/mol. The second-order valence-corrected chi connectivity index (χ2v) is 6.22. The molecular formula is C22H27NO10. The van der Waals surface area contributed by atoms with E-state index in [9.17, 15) is 9.59 Å². The number of benzene rings is 2. The van der Waals surface area contributed by atoms with E-state index in [2.05, 4.69) is 0 Å². The molecule has 0 saturated heterocycles. The largest absolute Gasteiger partial charge is 0.504 e. The molecular weight excluding hydrogens is 438 g/mol. The number of phenols is 6. The van der Waals surface area contributed by atoms with Crippen molar-refractivity contribution in [3.8, 4) is 40.6 Å². The number of carbonyl (C=O) groups excluding carboxylic acids is 2. The fourth-order valence-electron chi connectivity index (χ4n) is 2.00. The monoisotopic (exact) mass is 465 g/mol. The third-order valence-corrected chi connectivity index (χ3v) is 3.49. The number of nitriles is 1. The number of phenolic OH excluding ortho intramolecular Hbond substituents is 6. The van der Waals surface area contributed by atoms with Gasteiger partial charge in [0.15, 0.2) is 34.5 Å². The second-order valence-electron chi connectivity index (χ2n) is 6.22. The molecule has 0 bridgehead atoms. The van der Waals surface area contributed by atoms with Gasteiger partial charge in [-0.3, -0.25) is 0 Å². The molecule has 11 nitrogen and oxygen atoms in total. The molecule has 0 aliphatic carbocycles. The molecule has 0 radical (unpaired) electrons. The summed E-state index contributed by atoms with van der Waals surface area (Å²) >= 11 is 0. The maximum Gasteiger partial charge on any atom is 0.338 e. The van der Waals surface area contributed by atoms with E-state index in [1.54, 1.807) is 6.07 Å². The highest BCUT2D eigenvalue weighted by Gasteiger charge is 2.15. The summed E-state index contributed by atoms with van der Waals surface area (Å²) in [6, 6.07) is 5.89. The standard InChI is InChI=1S/2C10H12O5.C2H3N/c2*1-2-3-15-10(14)6-4-7(11)9(13)8(12)5-6;1-2-3/h2*4-5,11-13H,2-3H2,1H3;1H3. The van der Waals surface area contributed by atoms with Crippen molar-refractivity contribution in [3.63, 3.8) is 0 Å². The van der Waals surface area contributed by atoms with Crippen LogP contribution in [-0.4, -0.2) is 55.8 Å². The molecule has 0 aliphatic heterocycles. The van der Waals surface area contributed by atoms with Crippen LogP contribution in [0.25, 0.3) is 0 Å². The molecule has 0 spiro atoms. The molecule has 0 aliphatic rings. The number of carbonyl (C=O) groups is 2. The summed E-state index contributed by atoms with van der Waals surface area (Å²) in [5, 5.41) is 61.9. The quantitative estimate of drug-likeness (QED) is 0.270. The third kappa shape index (κ3) is 9.56. The fourth-order valence-corrected chi connectivity index (χ4v) is 2.00. The number of ether oxygens (including phenoxy) is 2. The molecule has 180 valence electrons. The van der Waals surface area contributed by atoms with Gasteiger partial charge in [0.05, 0.1) is 30.4 Å². The Kier molecular flexibility index (Phi) is 12.7. The molecule has 0 amide bonds. The molecule has 2 aromatic rings. The van der Waals surface area contributed by atoms with Crippen molar-refractivity contribution in [2.45, 2.75) is 33.6 Å². The zero-order chi connectivity index (χ0) is 25.6. The van der Waals surface area contributed by atoms with Gasteiger partial charge in [-0.05, 0) is 37.1 Å². The van der Waals surface area contributed by atoms with Crippen LogP contribution in [0.1, 0.15) is 54.3 Å². The van der Waals surface area contributed by atoms with Crippen molar-refractivity contribution in [1.82, 2.24) is 0 Å². The minimum atomic E-state index is -0.651. The summed E-state index contributed by atoms with van der Waals surface area (Å²) in [6.07, 6.45) is 1.36. The van der Waals surface area contributed by atoms with Gasteiger partial charge in [0, 0.05) is 6.92 Å². The van der Waals surface area contributed by atoms with Crippen molar-refractivity contribution >= 4 is 11.9 Å². The molecule has 33 heavy (non-hydrogen) atoms. The van der Waals surface area contributed by atoms with Crippen LogP contribution in [0.5, 0.6) is 34.5 Å². The number of hydrogen-bond donors (Lipinski definition) is 6. The smallest absolute Gasteiger partial charge is 0.338 e. The van der Waals surface area contributed by atoms with Crippen LogP contribution in [0.2, 0.25) is 0 Å². The van der Waals surface area contributed by atoms with Crippen LogP contribution in [0, 0.1) is 11.3 Å². The number of esters is 2. The van der Waals surface area contributed by atoms with Gasteiger partial charge in [0.2, 0.25) is 0 Å². The van der Waals surface area contributed by atoms with Gasteiger partial charge in [-0.15, -0.1) is 0 Å². The number of nitrogens with zero attached hydrogens (tertiary/aromatic N) is 1. The Bertz CT molecular complexity index is 862. The van der Waals surface area contributed by atoms with Gasteiger partial charge < -0.3 is 40.1 Å². The van der Waals surface area contributed by atoms with E-state index in [4.69, 9.17) is 45.4 Å². The summed E-state index contributed by atoms with van der Waals surface area (Å²) in [5.74, 6) is -4.83. The number of aromatic hydroxyl groups is 6. The van der Waals surface area contributed by atoms with Crippen LogP contribution in [-0.2, 0) is 9.47 Å². The normalized spacial score (nSPS) is 9.27. The predicted octanol–water partition coefficient (Wildman–Crippen LogP) is 3.27. The first-order valence-electron chi connectivity index (χ1n) is 9.68. The molecule has 0 unspecified atom stereocenters. The van der Waals surface area contributed by atoms with Crippen molar-refractivity contribution in [2.75, 3.05) is 13.2 Å². The van der Waals surface area contributed by atoms with Crippen molar-refractivity contribution in [2.24, 2.45) is 0 Å². The minimum absolute atomic E-state index is 0.00347. The predicted molar refractivity (Wildman–Crippen MR) is 115 cm³/mol. The Labute approximate surface area is 190 Å². The molecule has 0 aromatic heterocycles. The first kappa shape index (κ1) is 28.7. The Morgan fingerprint density at radius 1 is 0.727 bits per heavy atom. The summed E-state index contributed by atoms with van der Waals surface area (Å²) in [7, 11) is 0. The summed E-state index contributed by atoms with van der Waals surface area (Å²) < 4.78 is 9.57. The van der Waals surface area contributed by atoms with E-state index >= 15 is 0 Å². The van der Waals surface area contributed by atoms with Gasteiger partial charge in [-0.1, -0.05) is 13.8 Å². The Balaban J connectivity index is 0.000000555. The van der Waals surface area contributed by atoms with Crippen LogP contribution in [0.4, 0.5) is 0 Å². The Hall–Kier alpha value is -4.33. The molecule has 11 heteroatoms. The molecule has 0 heterocycles. The van der Waals surface area contributed by atoms with E-state index in [1.165, 1.54) is 6.92 Å². The maximum absolute atomic E-state index is 11.3. The van der Waals surface area contributed by atoms with E-state index in [1.807, 2.05) is 13.8 Å². The van der Waals surface area contributed by atoms with Gasteiger partial charge in [-0.25, -0.2) is 9.59 Å². The first-order valence-corrected chi connectivity index (χ1v) is 9.68. The highest BCUT2D eigenvalue weighted by atomic mass is 16.5. The summed E-state index contributed by atoms with van der Waals surface area (Å²) in [5.41, 5.74) is -0.00694. The summed E-state index contributed by atoms with van der Waals surface area (Å²) in [4.78, 5) is 22.6. The van der Waals surface area contributed by atoms with Gasteiger partial charge in [-0.2, -0.15) is 5.26 Å². The Morgan fingerprint density at radius 2 is 0.970 bits per heavy atom. The molecule has 2 rings (SSSR count). The molecule has 0 atom stereocenters. The fraction of sp³-hybridized carbons (Fsp3) is 0.318. The lowest BCUT2D eigenvalue weighted by atomic mass is 10.2. The molecule has 2 aromatic carbocycles. The van der Waals surface area contributed by atoms with Crippen LogP contribution < -0.4 is 0 Å². The van der Waals surface area contributed by atoms with Crippen LogP contribution in [0.15, 0.2) is 24.3 Å². The number of rotatable bonds is 6. The van der Waals surface area contributed by atoms with E-state index in [0.29, 0.717) is 12.8 Å². The van der Waals surface area contributed by atoms with Crippen LogP contribution >= 0.6 is 0 Å². The van der Waals surface area contributed by atoms with E-state index in [-0.39, 0.29) is 24.3 Å². The molecule has 0 fully saturated rings. The molecule has 0 saturated carbocycles. The van der Waals surface area contributed by atoms with E-state index in [0.717, 1.165) is 24.3 Å². The highest BCUT2D eigenvalue weighted by Crippen LogP contribution is 2.36. The third-order valence-electron chi connectivity index (χ3n) is 3.49. The average Bonchev–Trinajstić information content (AvgIpc) is 2.78. The molecule has 6 N–H and O–H groups in total.